The monoisotopic (exact) mass is 343 g/mol. The summed E-state index contributed by atoms with van der Waals surface area (Å²) in [6.45, 7) is 4.17. The third-order valence-corrected chi connectivity index (χ3v) is 4.96. The number of morpholine rings is 1. The first-order valence-corrected chi connectivity index (χ1v) is 8.91. The van der Waals surface area contributed by atoms with Gasteiger partial charge in [-0.05, 0) is 25.0 Å². The fraction of sp³-hybridized carbons (Fsp3) is 0.647. The molecule has 1 saturated heterocycles. The molecule has 0 aromatic carbocycles. The lowest BCUT2D eigenvalue weighted by molar-refractivity contribution is -0.0275. The summed E-state index contributed by atoms with van der Waals surface area (Å²) >= 11 is 0. The third-order valence-electron chi connectivity index (χ3n) is 4.96. The average Bonchev–Trinajstić information content (AvgIpc) is 3.41. The molecule has 8 nitrogen and oxygen atoms in total. The van der Waals surface area contributed by atoms with Gasteiger partial charge in [0.05, 0.1) is 19.3 Å². The standard InChI is InChI=1S/C17H25N7O/c1-22(15-4-3-7-18-19-15)10-14-11-24(8-9-25-14)12-16-20-21-17(23(16)2)13-5-6-13/h3-4,7,13-14H,5-6,8-12H2,1-2H3/t14-/m0/s1. The van der Waals surface area contributed by atoms with Crippen LogP contribution in [0.2, 0.25) is 0 Å². The largest absolute Gasteiger partial charge is 0.374 e. The van der Waals surface area contributed by atoms with Crippen molar-refractivity contribution in [1.82, 2.24) is 29.9 Å². The molecular formula is C17H25N7O. The number of anilines is 1. The van der Waals surface area contributed by atoms with Crippen molar-refractivity contribution >= 4 is 5.82 Å². The molecule has 25 heavy (non-hydrogen) atoms. The predicted octanol–water partition coefficient (Wildman–Crippen LogP) is 0.820. The highest BCUT2D eigenvalue weighted by Gasteiger charge is 2.30. The van der Waals surface area contributed by atoms with Gasteiger partial charge >= 0.3 is 0 Å². The molecule has 1 aliphatic heterocycles. The number of ether oxygens (including phenoxy) is 1. The van der Waals surface area contributed by atoms with Crippen LogP contribution >= 0.6 is 0 Å². The van der Waals surface area contributed by atoms with Gasteiger partial charge in [-0.3, -0.25) is 4.90 Å². The summed E-state index contributed by atoms with van der Waals surface area (Å²) in [5.74, 6) is 3.68. The minimum absolute atomic E-state index is 0.150. The molecule has 134 valence electrons. The Hall–Kier alpha value is -2.06. The van der Waals surface area contributed by atoms with E-state index in [9.17, 15) is 0 Å². The number of rotatable bonds is 6. The lowest BCUT2D eigenvalue weighted by Crippen LogP contribution is -2.47. The second kappa shape index (κ2) is 7.05. The Morgan fingerprint density at radius 2 is 2.16 bits per heavy atom. The molecule has 4 rings (SSSR count). The first-order valence-electron chi connectivity index (χ1n) is 8.91. The Labute approximate surface area is 147 Å². The second-order valence-electron chi connectivity index (χ2n) is 7.00. The Balaban J connectivity index is 1.34. The van der Waals surface area contributed by atoms with Crippen molar-refractivity contribution < 1.29 is 4.74 Å². The highest BCUT2D eigenvalue weighted by atomic mass is 16.5. The van der Waals surface area contributed by atoms with Crippen molar-refractivity contribution in [2.45, 2.75) is 31.4 Å². The Bertz CT molecular complexity index is 700. The molecule has 3 heterocycles. The van der Waals surface area contributed by atoms with Gasteiger partial charge in [-0.15, -0.1) is 15.3 Å². The molecule has 8 heteroatoms. The Kier molecular flexibility index (Phi) is 4.63. The van der Waals surface area contributed by atoms with Crippen LogP contribution in [0, 0.1) is 0 Å². The molecule has 1 saturated carbocycles. The van der Waals surface area contributed by atoms with E-state index in [1.165, 1.54) is 12.8 Å². The number of hydrogen-bond donors (Lipinski definition) is 0. The van der Waals surface area contributed by atoms with E-state index >= 15 is 0 Å². The third kappa shape index (κ3) is 3.80. The minimum Gasteiger partial charge on any atom is -0.374 e. The van der Waals surface area contributed by atoms with Crippen molar-refractivity contribution in [1.29, 1.82) is 0 Å². The van der Waals surface area contributed by atoms with E-state index in [2.05, 4.69) is 41.8 Å². The Morgan fingerprint density at radius 1 is 1.28 bits per heavy atom. The summed E-state index contributed by atoms with van der Waals surface area (Å²) < 4.78 is 8.12. The highest BCUT2D eigenvalue weighted by molar-refractivity contribution is 5.35. The van der Waals surface area contributed by atoms with Crippen LogP contribution in [0.1, 0.15) is 30.4 Å². The maximum atomic E-state index is 5.95. The van der Waals surface area contributed by atoms with E-state index in [1.54, 1.807) is 6.20 Å². The fourth-order valence-corrected chi connectivity index (χ4v) is 3.34. The molecule has 2 aromatic heterocycles. The molecule has 0 radical (unpaired) electrons. The smallest absolute Gasteiger partial charge is 0.151 e. The molecule has 0 bridgehead atoms. The first kappa shape index (κ1) is 16.4. The molecule has 2 aromatic rings. The van der Waals surface area contributed by atoms with Gasteiger partial charge in [0.15, 0.2) is 5.82 Å². The van der Waals surface area contributed by atoms with Crippen LogP contribution in [0.15, 0.2) is 18.3 Å². The molecular weight excluding hydrogens is 318 g/mol. The van der Waals surface area contributed by atoms with E-state index < -0.39 is 0 Å². The second-order valence-corrected chi connectivity index (χ2v) is 7.00. The minimum atomic E-state index is 0.150. The topological polar surface area (TPSA) is 72.2 Å². The highest BCUT2D eigenvalue weighted by Crippen LogP contribution is 2.38. The lowest BCUT2D eigenvalue weighted by atomic mass is 10.2. The van der Waals surface area contributed by atoms with Gasteiger partial charge in [0.25, 0.3) is 0 Å². The molecule has 1 aliphatic carbocycles. The van der Waals surface area contributed by atoms with Crippen molar-refractivity contribution in [3.8, 4) is 0 Å². The molecule has 2 fully saturated rings. The normalized spacial score (nSPS) is 21.4. The summed E-state index contributed by atoms with van der Waals surface area (Å²) in [7, 11) is 4.11. The van der Waals surface area contributed by atoms with Gasteiger partial charge in [0, 0.05) is 45.8 Å². The first-order chi connectivity index (χ1) is 12.2. The van der Waals surface area contributed by atoms with E-state index in [-0.39, 0.29) is 6.10 Å². The fourth-order valence-electron chi connectivity index (χ4n) is 3.34. The van der Waals surface area contributed by atoms with Crippen LogP contribution in [0.3, 0.4) is 0 Å². The van der Waals surface area contributed by atoms with E-state index in [4.69, 9.17) is 4.74 Å². The van der Waals surface area contributed by atoms with Crippen molar-refractivity contribution in [2.24, 2.45) is 7.05 Å². The van der Waals surface area contributed by atoms with Crippen molar-refractivity contribution in [2.75, 3.05) is 38.2 Å². The number of likely N-dealkylation sites (N-methyl/N-ethyl adjacent to an activating group) is 1. The van der Waals surface area contributed by atoms with Crippen LogP contribution in [0.4, 0.5) is 5.82 Å². The molecule has 1 atom stereocenters. The Morgan fingerprint density at radius 3 is 2.92 bits per heavy atom. The summed E-state index contributed by atoms with van der Waals surface area (Å²) in [6.07, 6.45) is 4.34. The van der Waals surface area contributed by atoms with Gasteiger partial charge in [0.2, 0.25) is 0 Å². The molecule has 0 spiro atoms. The van der Waals surface area contributed by atoms with Gasteiger partial charge in [-0.1, -0.05) is 0 Å². The molecule has 0 N–H and O–H groups in total. The van der Waals surface area contributed by atoms with Gasteiger partial charge in [0.1, 0.15) is 11.6 Å². The maximum absolute atomic E-state index is 5.95. The summed E-state index contributed by atoms with van der Waals surface area (Å²) in [5.41, 5.74) is 0. The summed E-state index contributed by atoms with van der Waals surface area (Å²) in [5, 5.41) is 16.9. The van der Waals surface area contributed by atoms with Crippen molar-refractivity contribution in [3.05, 3.63) is 30.0 Å². The van der Waals surface area contributed by atoms with Gasteiger partial charge < -0.3 is 14.2 Å². The summed E-state index contributed by atoms with van der Waals surface area (Å²) in [4.78, 5) is 4.49. The van der Waals surface area contributed by atoms with Crippen LogP contribution in [0.5, 0.6) is 0 Å². The van der Waals surface area contributed by atoms with Crippen LogP contribution in [-0.2, 0) is 18.3 Å². The quantitative estimate of drug-likeness (QED) is 0.769. The van der Waals surface area contributed by atoms with Gasteiger partial charge in [-0.2, -0.15) is 5.10 Å². The van der Waals surface area contributed by atoms with E-state index in [0.29, 0.717) is 5.92 Å². The molecule has 0 amide bonds. The average molecular weight is 343 g/mol. The molecule has 0 unspecified atom stereocenters. The zero-order valence-electron chi connectivity index (χ0n) is 14.9. The maximum Gasteiger partial charge on any atom is 0.151 e. The van der Waals surface area contributed by atoms with E-state index in [1.807, 2.05) is 19.2 Å². The lowest BCUT2D eigenvalue weighted by Gasteiger charge is -2.34. The number of nitrogens with zero attached hydrogens (tertiary/aromatic N) is 7. The zero-order valence-corrected chi connectivity index (χ0v) is 14.9. The summed E-state index contributed by atoms with van der Waals surface area (Å²) in [6, 6.07) is 3.87. The SMILES string of the molecule is CN(C[C@H]1CN(Cc2nnc(C3CC3)n2C)CCO1)c1cccnn1. The van der Waals surface area contributed by atoms with E-state index in [0.717, 1.165) is 50.3 Å². The van der Waals surface area contributed by atoms with Crippen LogP contribution in [0.25, 0.3) is 0 Å². The van der Waals surface area contributed by atoms with Crippen LogP contribution in [-0.4, -0.2) is 69.3 Å². The zero-order chi connectivity index (χ0) is 17.2. The number of hydrogen-bond acceptors (Lipinski definition) is 7. The van der Waals surface area contributed by atoms with Gasteiger partial charge in [-0.25, -0.2) is 0 Å². The number of aromatic nitrogens is 5. The predicted molar refractivity (Wildman–Crippen MR) is 93.3 cm³/mol. The van der Waals surface area contributed by atoms with Crippen molar-refractivity contribution in [3.63, 3.8) is 0 Å². The van der Waals surface area contributed by atoms with Crippen LogP contribution < -0.4 is 4.90 Å². The molecule has 2 aliphatic rings.